The van der Waals surface area contributed by atoms with Crippen molar-refractivity contribution in [3.8, 4) is 11.1 Å². The van der Waals surface area contributed by atoms with Gasteiger partial charge in [0.05, 0.1) is 19.4 Å². The van der Waals surface area contributed by atoms with Crippen LogP contribution >= 0.6 is 0 Å². The monoisotopic (exact) mass is 432 g/mol. The molecule has 4 rings (SSSR count). The lowest BCUT2D eigenvalue weighted by Gasteiger charge is -2.17. The highest BCUT2D eigenvalue weighted by molar-refractivity contribution is 5.94. The highest BCUT2D eigenvalue weighted by atomic mass is 19.1. The number of aryl methyl sites for hydroxylation is 1. The van der Waals surface area contributed by atoms with Crippen LogP contribution in [-0.2, 0) is 35.8 Å². The van der Waals surface area contributed by atoms with Gasteiger partial charge in [-0.2, -0.15) is 0 Å². The first-order valence-corrected chi connectivity index (χ1v) is 11.0. The van der Waals surface area contributed by atoms with Crippen LogP contribution in [0, 0.1) is 5.82 Å². The minimum Gasteiger partial charge on any atom is -0.391 e. The van der Waals surface area contributed by atoms with E-state index in [0.717, 1.165) is 47.2 Å². The van der Waals surface area contributed by atoms with Crippen LogP contribution in [0.25, 0.3) is 11.1 Å². The van der Waals surface area contributed by atoms with Gasteiger partial charge in [-0.15, -0.1) is 0 Å². The van der Waals surface area contributed by atoms with E-state index in [0.29, 0.717) is 19.8 Å². The molecule has 3 aromatic rings. The van der Waals surface area contributed by atoms with Gasteiger partial charge in [0.25, 0.3) is 0 Å². The van der Waals surface area contributed by atoms with Gasteiger partial charge in [0.1, 0.15) is 12.4 Å². The molecule has 1 heterocycles. The van der Waals surface area contributed by atoms with Crippen LogP contribution < -0.4 is 0 Å². The summed E-state index contributed by atoms with van der Waals surface area (Å²) in [6.45, 7) is 2.56. The van der Waals surface area contributed by atoms with E-state index in [-0.39, 0.29) is 5.82 Å². The highest BCUT2D eigenvalue weighted by Gasteiger charge is 2.22. The molecular formula is C27H29FN2O2. The van der Waals surface area contributed by atoms with E-state index < -0.39 is 0 Å². The molecule has 166 valence electrons. The summed E-state index contributed by atoms with van der Waals surface area (Å²) in [5.74, 6) is -0.245. The molecule has 0 fully saturated rings. The molecule has 0 saturated carbocycles. The van der Waals surface area contributed by atoms with Gasteiger partial charge in [0, 0.05) is 5.56 Å². The van der Waals surface area contributed by atoms with E-state index >= 15 is 0 Å². The van der Waals surface area contributed by atoms with Crippen molar-refractivity contribution in [3.63, 3.8) is 0 Å². The molecule has 3 aromatic carbocycles. The topological polar surface area (TPSA) is 34.1 Å². The molecule has 0 amide bonds. The highest BCUT2D eigenvalue weighted by Crippen LogP contribution is 2.36. The number of hydrogen-bond acceptors (Lipinski definition) is 4. The maximum atomic E-state index is 13.6. The van der Waals surface area contributed by atoms with E-state index in [1.165, 1.54) is 23.3 Å². The molecule has 4 nitrogen and oxygen atoms in total. The molecule has 0 unspecified atom stereocenters. The fourth-order valence-electron chi connectivity index (χ4n) is 4.08. The molecule has 0 N–H and O–H groups in total. The van der Waals surface area contributed by atoms with Crippen LogP contribution in [0.2, 0.25) is 0 Å². The maximum absolute atomic E-state index is 13.6. The first kappa shape index (κ1) is 22.2. The first-order valence-electron chi connectivity index (χ1n) is 11.0. The number of halogens is 1. The van der Waals surface area contributed by atoms with Crippen LogP contribution in [0.1, 0.15) is 34.2 Å². The Kier molecular flexibility index (Phi) is 7.30. The average molecular weight is 433 g/mol. The van der Waals surface area contributed by atoms with Crippen molar-refractivity contribution < 1.29 is 14.0 Å². The number of rotatable bonds is 9. The van der Waals surface area contributed by atoms with Gasteiger partial charge in [-0.25, -0.2) is 4.39 Å². The van der Waals surface area contributed by atoms with Gasteiger partial charge in [-0.05, 0) is 79.0 Å². The lowest BCUT2D eigenvalue weighted by molar-refractivity contribution is 0.132. The van der Waals surface area contributed by atoms with Crippen molar-refractivity contribution in [1.29, 1.82) is 0 Å². The van der Waals surface area contributed by atoms with Crippen molar-refractivity contribution in [3.05, 3.63) is 94.3 Å². The molecular weight excluding hydrogens is 403 g/mol. The molecule has 0 atom stereocenters. The third-order valence-electron chi connectivity index (χ3n) is 5.67. The Hall–Kier alpha value is -3.02. The summed E-state index contributed by atoms with van der Waals surface area (Å²) in [6, 6.07) is 18.9. The van der Waals surface area contributed by atoms with Gasteiger partial charge in [-0.3, -0.25) is 0 Å². The van der Waals surface area contributed by atoms with E-state index in [9.17, 15) is 4.39 Å². The summed E-state index contributed by atoms with van der Waals surface area (Å²) in [5.41, 5.74) is 7.68. The molecule has 32 heavy (non-hydrogen) atoms. The smallest absolute Gasteiger partial charge is 0.142 e. The maximum Gasteiger partial charge on any atom is 0.142 e. The predicted octanol–water partition coefficient (Wildman–Crippen LogP) is 5.57. The van der Waals surface area contributed by atoms with Crippen LogP contribution in [0.3, 0.4) is 0 Å². The molecule has 0 radical (unpaired) electrons. The number of hydrogen-bond donors (Lipinski definition) is 0. The molecule has 0 aromatic heterocycles. The summed E-state index contributed by atoms with van der Waals surface area (Å²) in [7, 11) is 4.17. The van der Waals surface area contributed by atoms with Crippen LogP contribution in [0.4, 0.5) is 4.39 Å². The fourth-order valence-corrected chi connectivity index (χ4v) is 4.08. The summed E-state index contributed by atoms with van der Waals surface area (Å²) < 4.78 is 19.4. The zero-order valence-electron chi connectivity index (χ0n) is 18.7. The average Bonchev–Trinajstić information content (AvgIpc) is 3.26. The molecule has 1 aliphatic rings. The third kappa shape index (κ3) is 5.42. The van der Waals surface area contributed by atoms with Crippen molar-refractivity contribution >= 4 is 6.21 Å². The Labute approximate surface area is 189 Å². The fraction of sp³-hybridized carbons (Fsp3) is 0.296. The van der Waals surface area contributed by atoms with Crippen molar-refractivity contribution in [2.45, 2.75) is 32.7 Å². The van der Waals surface area contributed by atoms with E-state index in [1.54, 1.807) is 0 Å². The lowest BCUT2D eigenvalue weighted by Crippen LogP contribution is -2.14. The third-order valence-corrected chi connectivity index (χ3v) is 5.67. The quantitative estimate of drug-likeness (QED) is 0.328. The normalized spacial score (nSPS) is 13.1. The number of ether oxygens (including phenoxy) is 1. The number of benzene rings is 3. The SMILES string of the molecule is CN(C)CCCc1cc2c(c(-c3ccc(F)cc3)c1C=NOCc1ccccc1)COC2. The Morgan fingerprint density at radius 3 is 2.59 bits per heavy atom. The van der Waals surface area contributed by atoms with Crippen LogP contribution in [-0.4, -0.2) is 31.8 Å². The lowest BCUT2D eigenvalue weighted by atomic mass is 9.87. The summed E-state index contributed by atoms with van der Waals surface area (Å²) in [5, 5.41) is 4.32. The Balaban J connectivity index is 1.69. The van der Waals surface area contributed by atoms with Gasteiger partial charge in [0.2, 0.25) is 0 Å². The molecule has 0 spiro atoms. The predicted molar refractivity (Wildman–Crippen MR) is 126 cm³/mol. The van der Waals surface area contributed by atoms with Crippen LogP contribution in [0.15, 0.2) is 65.8 Å². The number of fused-ring (bicyclic) bond motifs is 1. The first-order chi connectivity index (χ1) is 15.6. The minimum atomic E-state index is -0.245. The zero-order chi connectivity index (χ0) is 22.3. The molecule has 0 aliphatic carbocycles. The molecule has 5 heteroatoms. The van der Waals surface area contributed by atoms with Gasteiger partial charge in [-0.1, -0.05) is 53.7 Å². The second-order valence-corrected chi connectivity index (χ2v) is 8.36. The Morgan fingerprint density at radius 1 is 1.06 bits per heavy atom. The zero-order valence-corrected chi connectivity index (χ0v) is 18.7. The van der Waals surface area contributed by atoms with E-state index in [4.69, 9.17) is 9.57 Å². The minimum absolute atomic E-state index is 0.245. The van der Waals surface area contributed by atoms with Crippen molar-refractivity contribution in [1.82, 2.24) is 4.90 Å². The number of oxime groups is 1. The largest absolute Gasteiger partial charge is 0.391 e. The molecule has 0 saturated heterocycles. The van der Waals surface area contributed by atoms with Gasteiger partial charge >= 0.3 is 0 Å². The molecule has 0 bridgehead atoms. The van der Waals surface area contributed by atoms with Gasteiger partial charge < -0.3 is 14.5 Å². The van der Waals surface area contributed by atoms with Crippen molar-refractivity contribution in [2.75, 3.05) is 20.6 Å². The number of nitrogens with zero attached hydrogens (tertiary/aromatic N) is 2. The second-order valence-electron chi connectivity index (χ2n) is 8.36. The van der Waals surface area contributed by atoms with Crippen LogP contribution in [0.5, 0.6) is 0 Å². The second kappa shape index (κ2) is 10.5. The molecule has 1 aliphatic heterocycles. The Morgan fingerprint density at radius 2 is 1.84 bits per heavy atom. The summed E-state index contributed by atoms with van der Waals surface area (Å²) in [4.78, 5) is 7.81. The summed E-state index contributed by atoms with van der Waals surface area (Å²) in [6.07, 6.45) is 3.76. The van der Waals surface area contributed by atoms with Gasteiger partial charge in [0.15, 0.2) is 0 Å². The Bertz CT molecular complexity index is 1060. The van der Waals surface area contributed by atoms with E-state index in [1.807, 2.05) is 48.7 Å². The van der Waals surface area contributed by atoms with Crippen molar-refractivity contribution in [2.24, 2.45) is 5.16 Å². The summed E-state index contributed by atoms with van der Waals surface area (Å²) >= 11 is 0. The standard InChI is InChI=1S/C27H29FN2O2/c1-30(2)14-6-9-22-15-23-18-31-19-26(23)27(21-10-12-24(28)13-11-21)25(22)16-29-32-17-20-7-4-3-5-8-20/h3-5,7-8,10-13,15-16H,6,9,14,17-19H2,1-2H3. The van der Waals surface area contributed by atoms with E-state index in [2.05, 4.69) is 30.2 Å².